The van der Waals surface area contributed by atoms with Crippen molar-refractivity contribution in [3.05, 3.63) is 54.6 Å². The third-order valence-electron chi connectivity index (χ3n) is 2.73. The summed E-state index contributed by atoms with van der Waals surface area (Å²) >= 11 is 1.55. The lowest BCUT2D eigenvalue weighted by molar-refractivity contribution is 0.108. The maximum atomic E-state index is 5.71. The molecule has 0 spiro atoms. The van der Waals surface area contributed by atoms with Crippen LogP contribution in [-0.4, -0.2) is 24.5 Å². The molecule has 0 amide bonds. The minimum absolute atomic E-state index is 0.417. The fourth-order valence-electron chi connectivity index (χ4n) is 1.60. The Morgan fingerprint density at radius 1 is 0.909 bits per heavy atom. The van der Waals surface area contributed by atoms with Crippen LogP contribution in [0.3, 0.4) is 0 Å². The van der Waals surface area contributed by atoms with E-state index in [-0.39, 0.29) is 0 Å². The largest absolute Gasteiger partial charge is 0.490 e. The third kappa shape index (κ3) is 5.69. The van der Waals surface area contributed by atoms with Crippen molar-refractivity contribution in [2.75, 3.05) is 19.5 Å². The number of hydrogen-bond donors (Lipinski definition) is 0. The molecule has 116 valence electrons. The summed E-state index contributed by atoms with van der Waals surface area (Å²) in [7, 11) is 0. The van der Waals surface area contributed by atoms with Gasteiger partial charge >= 0.3 is 0 Å². The van der Waals surface area contributed by atoms with Gasteiger partial charge in [-0.1, -0.05) is 23.4 Å². The summed E-state index contributed by atoms with van der Waals surface area (Å²) in [6.45, 7) is 2.77. The maximum absolute atomic E-state index is 5.71. The number of benzene rings is 2. The molecular formula is C17H19NO3S. The minimum Gasteiger partial charge on any atom is -0.490 e. The van der Waals surface area contributed by atoms with Crippen molar-refractivity contribution < 1.29 is 14.3 Å². The normalized spacial score (nSPS) is 11.1. The van der Waals surface area contributed by atoms with Crippen molar-refractivity contribution in [2.45, 2.75) is 6.92 Å². The molecule has 0 aliphatic rings. The summed E-state index contributed by atoms with van der Waals surface area (Å²) in [5.74, 6) is 2.36. The van der Waals surface area contributed by atoms with E-state index in [1.807, 2.05) is 67.8 Å². The molecule has 0 saturated heterocycles. The zero-order chi connectivity index (χ0) is 15.6. The SMILES string of the molecule is CS/C(C)=N\OCCOc1ccc(Oc2ccccc2)cc1. The van der Waals surface area contributed by atoms with Gasteiger partial charge < -0.3 is 14.3 Å². The Labute approximate surface area is 135 Å². The zero-order valence-electron chi connectivity index (χ0n) is 12.7. The maximum Gasteiger partial charge on any atom is 0.151 e. The van der Waals surface area contributed by atoms with Gasteiger partial charge in [0.25, 0.3) is 0 Å². The molecule has 22 heavy (non-hydrogen) atoms. The highest BCUT2D eigenvalue weighted by atomic mass is 32.2. The van der Waals surface area contributed by atoms with Gasteiger partial charge in [-0.25, -0.2) is 0 Å². The van der Waals surface area contributed by atoms with E-state index < -0.39 is 0 Å². The molecule has 2 aromatic carbocycles. The van der Waals surface area contributed by atoms with Gasteiger partial charge in [0.15, 0.2) is 6.61 Å². The number of rotatable bonds is 7. The van der Waals surface area contributed by atoms with Crippen molar-refractivity contribution in [1.29, 1.82) is 0 Å². The fraction of sp³-hybridized carbons (Fsp3) is 0.235. The van der Waals surface area contributed by atoms with Crippen molar-refractivity contribution >= 4 is 16.8 Å². The quantitative estimate of drug-likeness (QED) is 0.324. The summed E-state index contributed by atoms with van der Waals surface area (Å²) in [5.41, 5.74) is 0. The van der Waals surface area contributed by atoms with E-state index in [2.05, 4.69) is 5.16 Å². The van der Waals surface area contributed by atoms with E-state index in [9.17, 15) is 0 Å². The number of nitrogens with zero attached hydrogens (tertiary/aromatic N) is 1. The van der Waals surface area contributed by atoms with Crippen molar-refractivity contribution in [3.63, 3.8) is 0 Å². The first-order valence-electron chi connectivity index (χ1n) is 6.94. The van der Waals surface area contributed by atoms with Crippen LogP contribution in [-0.2, 0) is 4.84 Å². The Morgan fingerprint density at radius 2 is 1.55 bits per heavy atom. The molecule has 4 nitrogen and oxygen atoms in total. The van der Waals surface area contributed by atoms with E-state index in [0.29, 0.717) is 13.2 Å². The van der Waals surface area contributed by atoms with Crippen LogP contribution >= 0.6 is 11.8 Å². The summed E-state index contributed by atoms with van der Waals surface area (Å²) < 4.78 is 11.3. The van der Waals surface area contributed by atoms with Crippen LogP contribution in [0.1, 0.15) is 6.92 Å². The second-order valence-corrected chi connectivity index (χ2v) is 5.38. The molecule has 0 aliphatic carbocycles. The molecule has 0 heterocycles. The standard InChI is InChI=1S/C17H19NO3S/c1-14(22-2)18-20-13-12-19-15-8-10-17(11-9-15)21-16-6-4-3-5-7-16/h3-11H,12-13H2,1-2H3/b18-14-. The van der Waals surface area contributed by atoms with Crippen LogP contribution in [0.5, 0.6) is 17.2 Å². The summed E-state index contributed by atoms with van der Waals surface area (Å²) in [6, 6.07) is 17.2. The predicted octanol–water partition coefficient (Wildman–Crippen LogP) is 4.57. The number of thioether (sulfide) groups is 1. The molecule has 0 aromatic heterocycles. The minimum atomic E-state index is 0.417. The van der Waals surface area contributed by atoms with Gasteiger partial charge in [-0.05, 0) is 49.6 Å². The first kappa shape index (κ1) is 16.2. The number of ether oxygens (including phenoxy) is 2. The highest BCUT2D eigenvalue weighted by Gasteiger charge is 1.98. The lowest BCUT2D eigenvalue weighted by atomic mass is 10.3. The van der Waals surface area contributed by atoms with Gasteiger partial charge in [-0.15, -0.1) is 11.8 Å². The molecule has 0 saturated carbocycles. The Hall–Kier alpha value is -2.14. The smallest absolute Gasteiger partial charge is 0.151 e. The van der Waals surface area contributed by atoms with Crippen LogP contribution in [0.15, 0.2) is 59.8 Å². The highest BCUT2D eigenvalue weighted by Crippen LogP contribution is 2.23. The Morgan fingerprint density at radius 3 is 2.23 bits per heavy atom. The Kier molecular flexibility index (Phi) is 6.64. The first-order valence-corrected chi connectivity index (χ1v) is 8.17. The Balaban J connectivity index is 1.75. The molecule has 2 aromatic rings. The summed E-state index contributed by atoms with van der Waals surface area (Å²) in [4.78, 5) is 5.13. The average Bonchev–Trinajstić information content (AvgIpc) is 2.57. The lowest BCUT2D eigenvalue weighted by Gasteiger charge is -2.08. The van der Waals surface area contributed by atoms with Gasteiger partial charge in [-0.2, -0.15) is 0 Å². The van der Waals surface area contributed by atoms with Crippen molar-refractivity contribution in [1.82, 2.24) is 0 Å². The molecule has 0 unspecified atom stereocenters. The van der Waals surface area contributed by atoms with Gasteiger partial charge in [0, 0.05) is 0 Å². The molecule has 0 radical (unpaired) electrons. The van der Waals surface area contributed by atoms with E-state index in [0.717, 1.165) is 22.3 Å². The van der Waals surface area contributed by atoms with Gasteiger partial charge in [0.2, 0.25) is 0 Å². The molecule has 0 fully saturated rings. The van der Waals surface area contributed by atoms with Crippen LogP contribution in [0.25, 0.3) is 0 Å². The van der Waals surface area contributed by atoms with Gasteiger partial charge in [0.05, 0.1) is 0 Å². The summed E-state index contributed by atoms with van der Waals surface area (Å²) in [6.07, 6.45) is 1.96. The van der Waals surface area contributed by atoms with Gasteiger partial charge in [-0.3, -0.25) is 0 Å². The van der Waals surface area contributed by atoms with E-state index in [1.54, 1.807) is 11.8 Å². The first-order chi connectivity index (χ1) is 10.8. The van der Waals surface area contributed by atoms with Crippen LogP contribution in [0.2, 0.25) is 0 Å². The molecule has 0 N–H and O–H groups in total. The second-order valence-electron chi connectivity index (χ2n) is 4.38. The fourth-order valence-corrected chi connectivity index (χ4v) is 1.73. The monoisotopic (exact) mass is 317 g/mol. The number of hydrogen-bond acceptors (Lipinski definition) is 5. The third-order valence-corrected chi connectivity index (χ3v) is 3.40. The number of para-hydroxylation sites is 1. The van der Waals surface area contributed by atoms with Crippen LogP contribution in [0, 0.1) is 0 Å². The molecule has 0 aliphatic heterocycles. The van der Waals surface area contributed by atoms with Crippen molar-refractivity contribution in [2.24, 2.45) is 5.16 Å². The molecule has 0 bridgehead atoms. The predicted molar refractivity (Wildman–Crippen MR) is 91.0 cm³/mol. The second kappa shape index (κ2) is 9.00. The van der Waals surface area contributed by atoms with E-state index in [4.69, 9.17) is 14.3 Å². The zero-order valence-corrected chi connectivity index (χ0v) is 13.5. The van der Waals surface area contributed by atoms with E-state index >= 15 is 0 Å². The molecule has 0 atom stereocenters. The van der Waals surface area contributed by atoms with E-state index in [1.165, 1.54) is 0 Å². The van der Waals surface area contributed by atoms with Crippen LogP contribution in [0.4, 0.5) is 0 Å². The lowest BCUT2D eigenvalue weighted by Crippen LogP contribution is -2.04. The number of oxime groups is 1. The molecule has 5 heteroatoms. The van der Waals surface area contributed by atoms with Gasteiger partial charge in [0.1, 0.15) is 28.9 Å². The molecular weight excluding hydrogens is 298 g/mol. The average molecular weight is 317 g/mol. The van der Waals surface area contributed by atoms with Crippen molar-refractivity contribution in [3.8, 4) is 17.2 Å². The topological polar surface area (TPSA) is 40.0 Å². The molecule has 2 rings (SSSR count). The van der Waals surface area contributed by atoms with Crippen LogP contribution < -0.4 is 9.47 Å². The highest BCUT2D eigenvalue weighted by molar-refractivity contribution is 8.13. The Bertz CT molecular complexity index is 585. The summed E-state index contributed by atoms with van der Waals surface area (Å²) in [5, 5.41) is 4.81.